The second-order valence-electron chi connectivity index (χ2n) is 16.2. The van der Waals surface area contributed by atoms with Crippen LogP contribution in [0.4, 0.5) is 0 Å². The fourth-order valence-corrected chi connectivity index (χ4v) is 11.8. The first kappa shape index (κ1) is 36.4. The molecule has 4 heterocycles. The quantitative estimate of drug-likeness (QED) is 0.118. The third-order valence-electron chi connectivity index (χ3n) is 10.1. The van der Waals surface area contributed by atoms with E-state index in [1.165, 1.54) is 42.7 Å². The number of nitrogens with zero attached hydrogens (tertiary/aromatic N) is 4. The van der Waals surface area contributed by atoms with Crippen LogP contribution in [0.15, 0.2) is 97.2 Å². The number of para-hydroxylation sites is 3. The van der Waals surface area contributed by atoms with Gasteiger partial charge in [0.05, 0.1) is 16.9 Å². The molecule has 0 amide bonds. The number of pyridine rings is 2. The number of fused-ring (bicyclic) bond motifs is 4. The minimum Gasteiger partial charge on any atom is 0 e. The summed E-state index contributed by atoms with van der Waals surface area (Å²) >= 11 is -0.404. The van der Waals surface area contributed by atoms with Crippen molar-refractivity contribution in [1.29, 1.82) is 0 Å². The summed E-state index contributed by atoms with van der Waals surface area (Å²) < 4.78 is 35.6. The largest absolute Gasteiger partial charge is 0 e. The zero-order valence-electron chi connectivity index (χ0n) is 37.9. The number of thiophene rings is 1. The number of imidazole rings is 1. The van der Waals surface area contributed by atoms with Gasteiger partial charge in [-0.25, -0.2) is 4.98 Å². The molecule has 56 heavy (non-hydrogen) atoms. The van der Waals surface area contributed by atoms with Gasteiger partial charge in [-0.1, -0.05) is 75.0 Å². The average molecular weight is 998 g/mol. The van der Waals surface area contributed by atoms with Gasteiger partial charge in [0.15, 0.2) is 0 Å². The summed E-state index contributed by atoms with van der Waals surface area (Å²) in [6.07, 6.45) is 1.91. The Kier molecular flexibility index (Phi) is 11.0. The molecule has 0 saturated heterocycles. The van der Waals surface area contributed by atoms with Gasteiger partial charge in [-0.2, -0.15) is 11.3 Å². The molecule has 0 fully saturated rings. The molecule has 0 atom stereocenters. The first-order chi connectivity index (χ1) is 27.7. The number of benzene rings is 4. The fourth-order valence-electron chi connectivity index (χ4n) is 7.27. The first-order valence-corrected chi connectivity index (χ1v) is 27.2. The van der Waals surface area contributed by atoms with Crippen LogP contribution in [0.3, 0.4) is 0 Å². The van der Waals surface area contributed by atoms with Crippen molar-refractivity contribution in [3.63, 3.8) is 0 Å². The minimum atomic E-state index is -2.14. The van der Waals surface area contributed by atoms with Crippen molar-refractivity contribution in [2.75, 3.05) is 0 Å². The summed E-state index contributed by atoms with van der Waals surface area (Å²) in [7, 11) is 0. The molecule has 8 rings (SSSR count). The molecular formula is C49H52GeIrN4S-2. The zero-order chi connectivity index (χ0) is 42.6. The molecule has 0 aliphatic heterocycles. The summed E-state index contributed by atoms with van der Waals surface area (Å²) in [5, 5.41) is 2.41. The number of hydrogen-bond donors (Lipinski definition) is 0. The standard InChI is InChI=1S/C31H28N3S.C18H24GeN.Ir/c1-18(2)21-10-8-11-22(19(3)4)28(21)34-27-15-7-6-14-26(27)33-30(34)25-13-9-12-23-24-17-16-20(5)32-31(24)35-29(23)25;1-13(2)16-11-18(15-9-7-14(3)8-10-15)20-12-17(16)19(4,5)6;/h6-12,14-19H,1-5H3;7-9,11-13H,1-6H3;/q2*-1;/i;3D3,13D;. The van der Waals surface area contributed by atoms with Crippen LogP contribution in [0, 0.1) is 25.9 Å². The van der Waals surface area contributed by atoms with E-state index in [9.17, 15) is 0 Å². The van der Waals surface area contributed by atoms with Crippen molar-refractivity contribution in [3.05, 3.63) is 137 Å². The Bertz CT molecular complexity index is 2790. The third kappa shape index (κ3) is 8.22. The van der Waals surface area contributed by atoms with Crippen LogP contribution in [0.5, 0.6) is 0 Å². The predicted octanol–water partition coefficient (Wildman–Crippen LogP) is 13.3. The molecule has 4 aromatic carbocycles. The maximum Gasteiger partial charge on any atom is 0 e. The van der Waals surface area contributed by atoms with Crippen LogP contribution in [-0.2, 0) is 20.1 Å². The normalized spacial score (nSPS) is 13.3. The predicted molar refractivity (Wildman–Crippen MR) is 239 cm³/mol. The van der Waals surface area contributed by atoms with E-state index < -0.39 is 26.0 Å². The minimum absolute atomic E-state index is 0. The van der Waals surface area contributed by atoms with Crippen LogP contribution in [0.25, 0.3) is 59.7 Å². The van der Waals surface area contributed by atoms with Crippen LogP contribution >= 0.6 is 11.3 Å². The molecule has 4 nitrogen and oxygen atoms in total. The first-order valence-electron chi connectivity index (χ1n) is 21.1. The van der Waals surface area contributed by atoms with E-state index in [0.29, 0.717) is 11.8 Å². The molecule has 4 aromatic heterocycles. The molecule has 0 bridgehead atoms. The number of rotatable bonds is 7. The van der Waals surface area contributed by atoms with Gasteiger partial charge in [0.1, 0.15) is 4.83 Å². The Morgan fingerprint density at radius 1 is 0.804 bits per heavy atom. The summed E-state index contributed by atoms with van der Waals surface area (Å²) in [5.41, 5.74) is 10.9. The van der Waals surface area contributed by atoms with E-state index in [2.05, 4.69) is 127 Å². The van der Waals surface area contributed by atoms with Gasteiger partial charge >= 0.3 is 131 Å². The van der Waals surface area contributed by atoms with Crippen LogP contribution in [-0.4, -0.2) is 32.8 Å². The van der Waals surface area contributed by atoms with Crippen molar-refractivity contribution >= 4 is 60.3 Å². The van der Waals surface area contributed by atoms with Crippen LogP contribution in [0.2, 0.25) is 17.3 Å². The SMILES string of the molecule is Cc1ccc2c(n1)sc1c(-c3nc4ccccc4n3-c3c(C(C)C)cccc3C(C)C)[c-]ccc12.[2H]C([2H])([2H])c1c[c-]c(-c2cc(C([2H])(C)C)[c]([Ge]([CH3])([CH3])[CH3])cn2)cc1.[Ir]. The Morgan fingerprint density at radius 3 is 2.18 bits per heavy atom. The smallest absolute Gasteiger partial charge is 0 e. The monoisotopic (exact) mass is 999 g/mol. The van der Waals surface area contributed by atoms with Crippen molar-refractivity contribution in [2.45, 2.75) is 90.3 Å². The summed E-state index contributed by atoms with van der Waals surface area (Å²) in [5.74, 6) is 7.89. The number of hydrogen-bond acceptors (Lipinski definition) is 4. The molecule has 1 radical (unpaired) electrons. The van der Waals surface area contributed by atoms with Gasteiger partial charge in [0.25, 0.3) is 0 Å². The van der Waals surface area contributed by atoms with Gasteiger partial charge in [0.2, 0.25) is 0 Å². The number of aryl methyl sites for hydroxylation is 2. The molecule has 7 heteroatoms. The average Bonchev–Trinajstić information content (AvgIpc) is 3.74. The second kappa shape index (κ2) is 16.9. The Hall–Kier alpha value is -3.94. The second-order valence-corrected chi connectivity index (χ2v) is 27.8. The molecule has 0 aliphatic carbocycles. The topological polar surface area (TPSA) is 43.6 Å². The molecule has 0 saturated carbocycles. The van der Waals surface area contributed by atoms with E-state index in [1.54, 1.807) is 23.5 Å². The maximum atomic E-state index is 8.49. The Balaban J connectivity index is 0.000000213. The van der Waals surface area contributed by atoms with Gasteiger partial charge in [-0.05, 0) is 58.2 Å². The molecular weight excluding hydrogens is 941 g/mol. The maximum absolute atomic E-state index is 8.49. The molecule has 0 unspecified atom stereocenters. The van der Waals surface area contributed by atoms with E-state index >= 15 is 0 Å². The van der Waals surface area contributed by atoms with Gasteiger partial charge in [-0.3, -0.25) is 4.98 Å². The van der Waals surface area contributed by atoms with Gasteiger partial charge in [0, 0.05) is 31.5 Å². The van der Waals surface area contributed by atoms with E-state index in [1.807, 2.05) is 39.1 Å². The molecule has 0 spiro atoms. The van der Waals surface area contributed by atoms with E-state index in [4.69, 9.17) is 15.5 Å². The molecule has 0 N–H and O–H groups in total. The van der Waals surface area contributed by atoms with E-state index in [-0.39, 0.29) is 25.7 Å². The van der Waals surface area contributed by atoms with E-state index in [0.717, 1.165) is 49.8 Å². The van der Waals surface area contributed by atoms with Crippen molar-refractivity contribution in [2.24, 2.45) is 0 Å². The summed E-state index contributed by atoms with van der Waals surface area (Å²) in [6.45, 7) is 12.8. The Labute approximate surface area is 359 Å². The summed E-state index contributed by atoms with van der Waals surface area (Å²) in [6, 6.07) is 37.1. The number of aromatic nitrogens is 4. The fraction of sp³-hybridized carbons (Fsp3) is 0.286. The van der Waals surface area contributed by atoms with Crippen molar-refractivity contribution in [3.8, 4) is 28.3 Å². The Morgan fingerprint density at radius 2 is 1.54 bits per heavy atom. The molecule has 289 valence electrons. The van der Waals surface area contributed by atoms with Crippen LogP contribution < -0.4 is 4.40 Å². The van der Waals surface area contributed by atoms with Gasteiger partial charge in [-0.15, -0.1) is 18.2 Å². The van der Waals surface area contributed by atoms with Gasteiger partial charge < -0.3 is 4.57 Å². The zero-order valence-corrected chi connectivity index (χ0v) is 39.2. The molecule has 8 aromatic rings. The third-order valence-corrected chi connectivity index (χ3v) is 15.5. The van der Waals surface area contributed by atoms with Crippen LogP contribution in [0.1, 0.15) is 92.7 Å². The van der Waals surface area contributed by atoms with Crippen molar-refractivity contribution in [1.82, 2.24) is 19.5 Å². The van der Waals surface area contributed by atoms with Crippen molar-refractivity contribution < 1.29 is 25.6 Å². The summed E-state index contributed by atoms with van der Waals surface area (Å²) in [4.78, 5) is 15.7. The molecule has 0 aliphatic rings.